The van der Waals surface area contributed by atoms with E-state index in [-0.39, 0.29) is 5.41 Å². The average molecular weight is 262 g/mol. The molecule has 2 heteroatoms. The van der Waals surface area contributed by atoms with Gasteiger partial charge in [-0.25, -0.2) is 0 Å². The van der Waals surface area contributed by atoms with Crippen LogP contribution in [-0.4, -0.2) is 25.7 Å². The average Bonchev–Trinajstić information content (AvgIpc) is 2.27. The van der Waals surface area contributed by atoms with Gasteiger partial charge in [0.2, 0.25) is 0 Å². The van der Waals surface area contributed by atoms with E-state index >= 15 is 0 Å². The van der Waals surface area contributed by atoms with Crippen molar-refractivity contribution in [2.45, 2.75) is 53.0 Å². The summed E-state index contributed by atoms with van der Waals surface area (Å²) >= 11 is 0. The van der Waals surface area contributed by atoms with Crippen LogP contribution in [0.2, 0.25) is 0 Å². The predicted molar refractivity (Wildman–Crippen MR) is 85.0 cm³/mol. The zero-order valence-corrected chi connectivity index (χ0v) is 13.4. The van der Waals surface area contributed by atoms with Crippen LogP contribution in [0.1, 0.15) is 44.4 Å². The van der Waals surface area contributed by atoms with Crippen molar-refractivity contribution in [1.82, 2.24) is 10.6 Å². The van der Waals surface area contributed by atoms with Gasteiger partial charge in [0.1, 0.15) is 0 Å². The molecule has 0 bridgehead atoms. The molecule has 1 aromatic carbocycles. The first-order chi connectivity index (χ1) is 8.83. The topological polar surface area (TPSA) is 24.1 Å². The van der Waals surface area contributed by atoms with Crippen LogP contribution in [-0.2, 0) is 5.41 Å². The minimum absolute atomic E-state index is 0.176. The van der Waals surface area contributed by atoms with Crippen LogP contribution in [0, 0.1) is 13.8 Å². The lowest BCUT2D eigenvalue weighted by Crippen LogP contribution is -2.38. The molecule has 108 valence electrons. The molecule has 0 unspecified atom stereocenters. The van der Waals surface area contributed by atoms with Gasteiger partial charge in [-0.2, -0.15) is 0 Å². The maximum absolute atomic E-state index is 3.56. The Morgan fingerprint density at radius 1 is 1.11 bits per heavy atom. The second-order valence-corrected chi connectivity index (χ2v) is 6.49. The molecule has 1 aromatic rings. The number of aryl methyl sites for hydroxylation is 2. The van der Waals surface area contributed by atoms with Gasteiger partial charge in [0, 0.05) is 31.1 Å². The van der Waals surface area contributed by atoms with Crippen LogP contribution in [0.15, 0.2) is 18.2 Å². The van der Waals surface area contributed by atoms with Crippen molar-refractivity contribution >= 4 is 0 Å². The highest BCUT2D eigenvalue weighted by atomic mass is 15.0. The van der Waals surface area contributed by atoms with Crippen LogP contribution in [0.3, 0.4) is 0 Å². The normalized spacial score (nSPS) is 12.2. The molecule has 0 atom stereocenters. The minimum atomic E-state index is 0.176. The van der Waals surface area contributed by atoms with E-state index in [0.717, 1.165) is 19.6 Å². The molecule has 2 N–H and O–H groups in total. The molecular formula is C17H30N2. The molecule has 0 aliphatic carbocycles. The van der Waals surface area contributed by atoms with Crippen molar-refractivity contribution in [3.63, 3.8) is 0 Å². The molecule has 0 aliphatic rings. The zero-order chi connectivity index (χ0) is 14.5. The van der Waals surface area contributed by atoms with Gasteiger partial charge in [0.25, 0.3) is 0 Å². The van der Waals surface area contributed by atoms with Gasteiger partial charge < -0.3 is 10.6 Å². The summed E-state index contributed by atoms with van der Waals surface area (Å²) in [4.78, 5) is 0. The monoisotopic (exact) mass is 262 g/mol. The Kier molecular flexibility index (Phi) is 6.02. The van der Waals surface area contributed by atoms with Crippen molar-refractivity contribution < 1.29 is 0 Å². The zero-order valence-electron chi connectivity index (χ0n) is 13.4. The third-order valence-electron chi connectivity index (χ3n) is 3.53. The fourth-order valence-electron chi connectivity index (χ4n) is 2.52. The summed E-state index contributed by atoms with van der Waals surface area (Å²) in [5, 5.41) is 6.99. The number of nitrogens with one attached hydrogen (secondary N) is 2. The van der Waals surface area contributed by atoms with Gasteiger partial charge >= 0.3 is 0 Å². The minimum Gasteiger partial charge on any atom is -0.315 e. The second kappa shape index (κ2) is 7.06. The van der Waals surface area contributed by atoms with E-state index in [1.807, 2.05) is 0 Å². The molecule has 0 aliphatic heterocycles. The third-order valence-corrected chi connectivity index (χ3v) is 3.53. The molecule has 1 rings (SSSR count). The highest BCUT2D eigenvalue weighted by molar-refractivity contribution is 5.35. The molecule has 2 nitrogen and oxygen atoms in total. The molecule has 19 heavy (non-hydrogen) atoms. The van der Waals surface area contributed by atoms with E-state index in [9.17, 15) is 0 Å². The Bertz CT molecular complexity index is 394. The number of hydrogen-bond acceptors (Lipinski definition) is 2. The maximum atomic E-state index is 3.56. The van der Waals surface area contributed by atoms with E-state index in [1.54, 1.807) is 0 Å². The van der Waals surface area contributed by atoms with Crippen LogP contribution in [0.25, 0.3) is 0 Å². The Labute approximate surface area is 119 Å². The summed E-state index contributed by atoms with van der Waals surface area (Å²) in [5.74, 6) is 0. The quantitative estimate of drug-likeness (QED) is 0.738. The molecule has 0 amide bonds. The largest absolute Gasteiger partial charge is 0.315 e. The Hall–Kier alpha value is -0.860. The highest BCUT2D eigenvalue weighted by Gasteiger charge is 2.21. The number of hydrogen-bond donors (Lipinski definition) is 2. The summed E-state index contributed by atoms with van der Waals surface area (Å²) in [6, 6.07) is 7.33. The summed E-state index contributed by atoms with van der Waals surface area (Å²) in [6.45, 7) is 16.4. The highest BCUT2D eigenvalue weighted by Crippen LogP contribution is 2.26. The Balaban J connectivity index is 2.51. The molecule has 0 radical (unpaired) electrons. The lowest BCUT2D eigenvalue weighted by atomic mass is 9.81. The van der Waals surface area contributed by atoms with Gasteiger partial charge in [-0.1, -0.05) is 51.5 Å². The van der Waals surface area contributed by atoms with E-state index in [4.69, 9.17) is 0 Å². The lowest BCUT2D eigenvalue weighted by Gasteiger charge is -2.28. The van der Waals surface area contributed by atoms with E-state index in [2.05, 4.69) is 70.4 Å². The van der Waals surface area contributed by atoms with Gasteiger partial charge in [-0.15, -0.1) is 0 Å². The molecule has 0 heterocycles. The predicted octanol–water partition coefficient (Wildman–Crippen LogP) is 3.17. The van der Waals surface area contributed by atoms with Crippen molar-refractivity contribution in [3.8, 4) is 0 Å². The molecule has 0 saturated heterocycles. The summed E-state index contributed by atoms with van der Waals surface area (Å²) in [7, 11) is 0. The molecule has 0 fully saturated rings. The van der Waals surface area contributed by atoms with Crippen LogP contribution < -0.4 is 10.6 Å². The van der Waals surface area contributed by atoms with Gasteiger partial charge in [0.15, 0.2) is 0 Å². The van der Waals surface area contributed by atoms with Crippen molar-refractivity contribution in [3.05, 3.63) is 34.9 Å². The molecular weight excluding hydrogens is 232 g/mol. The Morgan fingerprint density at radius 2 is 1.79 bits per heavy atom. The summed E-state index contributed by atoms with van der Waals surface area (Å²) in [5.41, 5.74) is 4.36. The SMILES string of the molecule is Cc1ccc(C(C)(C)CNCCNC(C)C)c(C)c1. The first kappa shape index (κ1) is 16.2. The first-order valence-corrected chi connectivity index (χ1v) is 7.35. The number of rotatable bonds is 7. The summed E-state index contributed by atoms with van der Waals surface area (Å²) in [6.07, 6.45) is 0. The van der Waals surface area contributed by atoms with Gasteiger partial charge in [0.05, 0.1) is 0 Å². The van der Waals surface area contributed by atoms with Crippen molar-refractivity contribution in [2.75, 3.05) is 19.6 Å². The number of benzene rings is 1. The van der Waals surface area contributed by atoms with Gasteiger partial charge in [-0.05, 0) is 25.0 Å². The Morgan fingerprint density at radius 3 is 2.37 bits per heavy atom. The smallest absolute Gasteiger partial charge is 0.00791 e. The molecule has 0 saturated carbocycles. The van der Waals surface area contributed by atoms with E-state index in [0.29, 0.717) is 6.04 Å². The fraction of sp³-hybridized carbons (Fsp3) is 0.647. The maximum Gasteiger partial charge on any atom is 0.00791 e. The second-order valence-electron chi connectivity index (χ2n) is 6.49. The molecule has 0 aromatic heterocycles. The third kappa shape index (κ3) is 5.33. The molecule has 0 spiro atoms. The van der Waals surface area contributed by atoms with Crippen molar-refractivity contribution in [2.24, 2.45) is 0 Å². The fourth-order valence-corrected chi connectivity index (χ4v) is 2.52. The van der Waals surface area contributed by atoms with Crippen LogP contribution in [0.4, 0.5) is 0 Å². The standard InChI is InChI=1S/C17H30N2/c1-13(2)19-10-9-18-12-17(5,6)16-8-7-14(3)11-15(16)4/h7-8,11,13,18-19H,9-10,12H2,1-6H3. The van der Waals surface area contributed by atoms with Gasteiger partial charge in [-0.3, -0.25) is 0 Å². The van der Waals surface area contributed by atoms with E-state index < -0.39 is 0 Å². The van der Waals surface area contributed by atoms with Crippen LogP contribution >= 0.6 is 0 Å². The summed E-state index contributed by atoms with van der Waals surface area (Å²) < 4.78 is 0. The van der Waals surface area contributed by atoms with Crippen LogP contribution in [0.5, 0.6) is 0 Å². The van der Waals surface area contributed by atoms with E-state index in [1.165, 1.54) is 16.7 Å². The lowest BCUT2D eigenvalue weighted by molar-refractivity contribution is 0.457. The first-order valence-electron chi connectivity index (χ1n) is 7.35. The van der Waals surface area contributed by atoms with Crippen molar-refractivity contribution in [1.29, 1.82) is 0 Å².